The van der Waals surface area contributed by atoms with Crippen molar-refractivity contribution in [3.05, 3.63) is 58.6 Å². The van der Waals surface area contributed by atoms with Gasteiger partial charge in [0.2, 0.25) is 0 Å². The molecule has 2 rings (SSSR count). The highest BCUT2D eigenvalue weighted by Crippen LogP contribution is 2.16. The van der Waals surface area contributed by atoms with Crippen LogP contribution in [-0.4, -0.2) is 33.5 Å². The first-order valence-corrected chi connectivity index (χ1v) is 8.33. The molecule has 0 bridgehead atoms. The van der Waals surface area contributed by atoms with Crippen molar-refractivity contribution in [3.8, 4) is 0 Å². The molecule has 0 saturated heterocycles. The SMILES string of the molecule is CC(C)c1ncc(Cl)c(C(=O)NCC(Cc2ccccc2)C(=O)O)n1. The van der Waals surface area contributed by atoms with Crippen molar-refractivity contribution in [2.45, 2.75) is 26.2 Å². The minimum Gasteiger partial charge on any atom is -0.481 e. The van der Waals surface area contributed by atoms with Gasteiger partial charge in [-0.25, -0.2) is 9.97 Å². The van der Waals surface area contributed by atoms with E-state index in [0.717, 1.165) is 5.56 Å². The summed E-state index contributed by atoms with van der Waals surface area (Å²) >= 11 is 6.00. The van der Waals surface area contributed by atoms with Crippen molar-refractivity contribution in [1.82, 2.24) is 15.3 Å². The molecule has 6 nitrogen and oxygen atoms in total. The molecule has 0 aliphatic rings. The highest BCUT2D eigenvalue weighted by molar-refractivity contribution is 6.33. The molecule has 7 heteroatoms. The molecule has 0 spiro atoms. The van der Waals surface area contributed by atoms with Gasteiger partial charge < -0.3 is 10.4 Å². The Balaban J connectivity index is 2.06. The van der Waals surface area contributed by atoms with Crippen LogP contribution in [0.3, 0.4) is 0 Å². The molecule has 2 aromatic rings. The number of halogens is 1. The topological polar surface area (TPSA) is 92.2 Å². The maximum absolute atomic E-state index is 12.3. The van der Waals surface area contributed by atoms with Crippen LogP contribution in [0.25, 0.3) is 0 Å². The third kappa shape index (κ3) is 5.26. The molecule has 0 fully saturated rings. The van der Waals surface area contributed by atoms with Gasteiger partial charge in [-0.1, -0.05) is 55.8 Å². The number of carboxylic acid groups (broad SMARTS) is 1. The molecule has 1 aromatic carbocycles. The van der Waals surface area contributed by atoms with E-state index in [-0.39, 0.29) is 23.2 Å². The molecule has 1 atom stereocenters. The third-order valence-electron chi connectivity index (χ3n) is 3.68. The van der Waals surface area contributed by atoms with Gasteiger partial charge in [-0.2, -0.15) is 0 Å². The number of hydrogen-bond donors (Lipinski definition) is 2. The van der Waals surface area contributed by atoms with Crippen LogP contribution in [0.1, 0.15) is 41.6 Å². The van der Waals surface area contributed by atoms with Crippen molar-refractivity contribution in [1.29, 1.82) is 0 Å². The number of rotatable bonds is 7. The van der Waals surface area contributed by atoms with Crippen LogP contribution >= 0.6 is 11.6 Å². The number of benzene rings is 1. The fourth-order valence-electron chi connectivity index (χ4n) is 2.26. The Morgan fingerprint density at radius 3 is 2.52 bits per heavy atom. The van der Waals surface area contributed by atoms with Gasteiger partial charge in [0, 0.05) is 12.5 Å². The largest absolute Gasteiger partial charge is 0.481 e. The van der Waals surface area contributed by atoms with Crippen molar-refractivity contribution in [2.24, 2.45) is 5.92 Å². The molecule has 0 aliphatic carbocycles. The molecule has 0 radical (unpaired) electrons. The fourth-order valence-corrected chi connectivity index (χ4v) is 2.44. The first kappa shape index (κ1) is 18.9. The van der Waals surface area contributed by atoms with Gasteiger partial charge in [-0.05, 0) is 12.0 Å². The summed E-state index contributed by atoms with van der Waals surface area (Å²) in [5, 5.41) is 12.1. The van der Waals surface area contributed by atoms with Gasteiger partial charge in [-0.3, -0.25) is 9.59 Å². The standard InChI is InChI=1S/C18H20ClN3O3/c1-11(2)16-20-10-14(19)15(22-16)17(23)21-9-13(18(24)25)8-12-6-4-3-5-7-12/h3-7,10-11,13H,8-9H2,1-2H3,(H,21,23)(H,24,25). The van der Waals surface area contributed by atoms with Gasteiger partial charge in [0.05, 0.1) is 17.1 Å². The van der Waals surface area contributed by atoms with E-state index in [2.05, 4.69) is 15.3 Å². The Bertz CT molecular complexity index is 750. The van der Waals surface area contributed by atoms with Crippen LogP contribution in [0.15, 0.2) is 36.5 Å². The number of aromatic nitrogens is 2. The van der Waals surface area contributed by atoms with Crippen LogP contribution in [-0.2, 0) is 11.2 Å². The van der Waals surface area contributed by atoms with Crippen molar-refractivity contribution in [2.75, 3.05) is 6.54 Å². The Labute approximate surface area is 151 Å². The Morgan fingerprint density at radius 1 is 1.24 bits per heavy atom. The van der Waals surface area contributed by atoms with Gasteiger partial charge in [0.25, 0.3) is 5.91 Å². The van der Waals surface area contributed by atoms with Gasteiger partial charge in [-0.15, -0.1) is 0 Å². The van der Waals surface area contributed by atoms with E-state index in [1.165, 1.54) is 6.20 Å². The summed E-state index contributed by atoms with van der Waals surface area (Å²) in [6.45, 7) is 3.80. The summed E-state index contributed by atoms with van der Waals surface area (Å²) in [5.74, 6) is -1.66. The van der Waals surface area contributed by atoms with Crippen LogP contribution in [0.5, 0.6) is 0 Å². The zero-order chi connectivity index (χ0) is 18.4. The number of nitrogens with zero attached hydrogens (tertiary/aromatic N) is 2. The summed E-state index contributed by atoms with van der Waals surface area (Å²) in [7, 11) is 0. The lowest BCUT2D eigenvalue weighted by molar-refractivity contribution is -0.141. The first-order valence-electron chi connectivity index (χ1n) is 7.95. The third-order valence-corrected chi connectivity index (χ3v) is 3.95. The Morgan fingerprint density at radius 2 is 1.92 bits per heavy atom. The van der Waals surface area contributed by atoms with Gasteiger partial charge in [0.1, 0.15) is 11.5 Å². The Hall–Kier alpha value is -2.47. The number of nitrogens with one attached hydrogen (secondary N) is 1. The summed E-state index contributed by atoms with van der Waals surface area (Å²) in [5.41, 5.74) is 0.954. The quantitative estimate of drug-likeness (QED) is 0.791. The predicted molar refractivity (Wildman–Crippen MR) is 94.7 cm³/mol. The van der Waals surface area contributed by atoms with Crippen LogP contribution in [0, 0.1) is 5.92 Å². The summed E-state index contributed by atoms with van der Waals surface area (Å²) in [4.78, 5) is 32.1. The molecule has 25 heavy (non-hydrogen) atoms. The second-order valence-electron chi connectivity index (χ2n) is 6.01. The maximum Gasteiger partial charge on any atom is 0.308 e. The second-order valence-corrected chi connectivity index (χ2v) is 6.42. The smallest absolute Gasteiger partial charge is 0.308 e. The average molecular weight is 362 g/mol. The number of carboxylic acids is 1. The molecule has 0 aliphatic heterocycles. The van der Waals surface area contributed by atoms with E-state index in [4.69, 9.17) is 11.6 Å². The molecule has 1 heterocycles. The highest BCUT2D eigenvalue weighted by Gasteiger charge is 2.21. The average Bonchev–Trinajstić information content (AvgIpc) is 2.59. The van der Waals surface area contributed by atoms with Crippen molar-refractivity contribution < 1.29 is 14.7 Å². The molecular formula is C18H20ClN3O3. The zero-order valence-electron chi connectivity index (χ0n) is 14.1. The number of hydrogen-bond acceptors (Lipinski definition) is 4. The van der Waals surface area contributed by atoms with Crippen molar-refractivity contribution >= 4 is 23.5 Å². The number of amides is 1. The summed E-state index contributed by atoms with van der Waals surface area (Å²) in [6, 6.07) is 9.27. The molecule has 1 amide bonds. The number of carbonyl (C=O) groups is 2. The van der Waals surface area contributed by atoms with Crippen LogP contribution in [0.4, 0.5) is 0 Å². The number of carbonyl (C=O) groups excluding carboxylic acids is 1. The predicted octanol–water partition coefficient (Wildman–Crippen LogP) is 2.93. The zero-order valence-corrected chi connectivity index (χ0v) is 14.8. The number of aliphatic carboxylic acids is 1. The van der Waals surface area contributed by atoms with E-state index < -0.39 is 17.8 Å². The van der Waals surface area contributed by atoms with E-state index in [1.54, 1.807) is 0 Å². The highest BCUT2D eigenvalue weighted by atomic mass is 35.5. The monoisotopic (exact) mass is 361 g/mol. The van der Waals surface area contributed by atoms with E-state index in [1.807, 2.05) is 44.2 Å². The summed E-state index contributed by atoms with van der Waals surface area (Å²) in [6.07, 6.45) is 1.71. The van der Waals surface area contributed by atoms with E-state index in [9.17, 15) is 14.7 Å². The van der Waals surface area contributed by atoms with Gasteiger partial charge in [0.15, 0.2) is 0 Å². The van der Waals surface area contributed by atoms with E-state index in [0.29, 0.717) is 12.2 Å². The molecule has 132 valence electrons. The van der Waals surface area contributed by atoms with E-state index >= 15 is 0 Å². The summed E-state index contributed by atoms with van der Waals surface area (Å²) < 4.78 is 0. The van der Waals surface area contributed by atoms with Gasteiger partial charge >= 0.3 is 5.97 Å². The Kier molecular flexibility index (Phi) is 6.47. The molecule has 1 unspecified atom stereocenters. The second kappa shape index (κ2) is 8.58. The lowest BCUT2D eigenvalue weighted by atomic mass is 9.99. The first-order chi connectivity index (χ1) is 11.9. The molecule has 2 N–H and O–H groups in total. The normalized spacial score (nSPS) is 12.0. The molecule has 0 saturated carbocycles. The fraction of sp³-hybridized carbons (Fsp3) is 0.333. The minimum atomic E-state index is -0.971. The van der Waals surface area contributed by atoms with Crippen LogP contribution in [0.2, 0.25) is 5.02 Å². The van der Waals surface area contributed by atoms with Crippen LogP contribution < -0.4 is 5.32 Å². The van der Waals surface area contributed by atoms with Crippen molar-refractivity contribution in [3.63, 3.8) is 0 Å². The molecular weight excluding hydrogens is 342 g/mol. The molecule has 1 aromatic heterocycles. The minimum absolute atomic E-state index is 0.0135. The maximum atomic E-state index is 12.3. The lowest BCUT2D eigenvalue weighted by Gasteiger charge is -2.14. The lowest BCUT2D eigenvalue weighted by Crippen LogP contribution is -2.34.